The second-order valence-electron chi connectivity index (χ2n) is 6.55. The first-order valence-electron chi connectivity index (χ1n) is 9.10. The first kappa shape index (κ1) is 20.1. The maximum absolute atomic E-state index is 13.0. The van der Waals surface area contributed by atoms with E-state index in [2.05, 4.69) is 15.3 Å². The molecule has 0 aliphatic rings. The first-order chi connectivity index (χ1) is 14.5. The van der Waals surface area contributed by atoms with Crippen molar-refractivity contribution in [3.8, 4) is 5.75 Å². The van der Waals surface area contributed by atoms with E-state index in [9.17, 15) is 8.42 Å². The molecule has 1 aromatic heterocycles. The van der Waals surface area contributed by atoms with Crippen molar-refractivity contribution in [2.24, 2.45) is 0 Å². The quantitative estimate of drug-likeness (QED) is 0.454. The van der Waals surface area contributed by atoms with E-state index in [1.165, 1.54) is 0 Å². The molecule has 8 heteroatoms. The summed E-state index contributed by atoms with van der Waals surface area (Å²) < 4.78 is 31.3. The number of ether oxygens (including phenoxy) is 1. The number of anilines is 2. The van der Waals surface area contributed by atoms with Gasteiger partial charge in [-0.15, -0.1) is 0 Å². The van der Waals surface area contributed by atoms with Crippen LogP contribution < -0.4 is 10.1 Å². The monoisotopic (exact) mass is 439 g/mol. The number of nitrogens with one attached hydrogen (secondary N) is 1. The predicted molar refractivity (Wildman–Crippen MR) is 118 cm³/mol. The van der Waals surface area contributed by atoms with E-state index >= 15 is 0 Å². The maximum atomic E-state index is 13.0. The van der Waals surface area contributed by atoms with Crippen LogP contribution in [-0.4, -0.2) is 25.5 Å². The normalized spacial score (nSPS) is 11.4. The Bertz CT molecular complexity index is 1310. The molecular weight excluding hydrogens is 422 g/mol. The third-order valence-electron chi connectivity index (χ3n) is 4.49. The zero-order valence-electron chi connectivity index (χ0n) is 16.0. The van der Waals surface area contributed by atoms with Gasteiger partial charge in [0.15, 0.2) is 15.7 Å². The Morgan fingerprint density at radius 1 is 0.933 bits per heavy atom. The summed E-state index contributed by atoms with van der Waals surface area (Å²) in [5.41, 5.74) is 2.12. The Morgan fingerprint density at radius 2 is 1.60 bits per heavy atom. The van der Waals surface area contributed by atoms with Crippen molar-refractivity contribution in [2.75, 3.05) is 12.4 Å². The Hall–Kier alpha value is -3.16. The first-order valence-corrected chi connectivity index (χ1v) is 11.1. The number of methoxy groups -OCH3 is 1. The maximum Gasteiger partial charge on any atom is 0.184 e. The van der Waals surface area contributed by atoms with Gasteiger partial charge in [0.25, 0.3) is 0 Å². The van der Waals surface area contributed by atoms with Crippen LogP contribution in [0, 0.1) is 0 Å². The standard InChI is InChI=1S/C22H18ClN3O3S/c1-29-21-12-11-15(23)13-19(21)26-22-20(24-17-9-5-6-10-18(17)25-22)14-30(27,28)16-7-3-2-4-8-16/h2-13H,14H2,1H3,(H,25,26). The van der Waals surface area contributed by atoms with E-state index in [1.807, 2.05) is 18.2 Å². The van der Waals surface area contributed by atoms with Gasteiger partial charge in [-0.05, 0) is 42.5 Å². The highest BCUT2D eigenvalue weighted by Gasteiger charge is 2.21. The van der Waals surface area contributed by atoms with Crippen LogP contribution in [0.2, 0.25) is 5.02 Å². The Labute approximate surface area is 179 Å². The topological polar surface area (TPSA) is 81.2 Å². The van der Waals surface area contributed by atoms with E-state index in [0.717, 1.165) is 0 Å². The third kappa shape index (κ3) is 4.22. The summed E-state index contributed by atoms with van der Waals surface area (Å²) in [5, 5.41) is 3.66. The molecule has 0 aliphatic carbocycles. The van der Waals surface area contributed by atoms with Crippen LogP contribution in [-0.2, 0) is 15.6 Å². The van der Waals surface area contributed by atoms with Gasteiger partial charge in [-0.25, -0.2) is 18.4 Å². The number of hydrogen-bond donors (Lipinski definition) is 1. The molecule has 6 nitrogen and oxygen atoms in total. The average molecular weight is 440 g/mol. The number of halogens is 1. The fraction of sp³-hybridized carbons (Fsp3) is 0.0909. The number of aromatic nitrogens is 2. The lowest BCUT2D eigenvalue weighted by molar-refractivity contribution is 0.417. The molecule has 1 heterocycles. The van der Waals surface area contributed by atoms with Crippen LogP contribution in [0.15, 0.2) is 77.7 Å². The molecule has 0 spiro atoms. The molecule has 0 unspecified atom stereocenters. The van der Waals surface area contributed by atoms with Gasteiger partial charge in [0.1, 0.15) is 11.5 Å². The van der Waals surface area contributed by atoms with Crippen molar-refractivity contribution in [3.05, 3.63) is 83.5 Å². The summed E-state index contributed by atoms with van der Waals surface area (Å²) >= 11 is 6.13. The van der Waals surface area contributed by atoms with Gasteiger partial charge in [0.2, 0.25) is 0 Å². The molecule has 4 aromatic rings. The lowest BCUT2D eigenvalue weighted by Gasteiger charge is -2.15. The number of rotatable bonds is 6. The molecule has 152 valence electrons. The molecule has 4 rings (SSSR count). The molecule has 30 heavy (non-hydrogen) atoms. The zero-order chi connectivity index (χ0) is 21.1. The molecule has 0 saturated heterocycles. The molecule has 0 radical (unpaired) electrons. The van der Waals surface area contributed by atoms with E-state index in [0.29, 0.717) is 39.0 Å². The fourth-order valence-electron chi connectivity index (χ4n) is 3.03. The van der Waals surface area contributed by atoms with Crippen molar-refractivity contribution in [1.82, 2.24) is 9.97 Å². The van der Waals surface area contributed by atoms with Gasteiger partial charge < -0.3 is 10.1 Å². The van der Waals surface area contributed by atoms with E-state index in [1.54, 1.807) is 61.7 Å². The van der Waals surface area contributed by atoms with Crippen LogP contribution in [0.1, 0.15) is 5.69 Å². The molecule has 0 aliphatic heterocycles. The average Bonchev–Trinajstić information content (AvgIpc) is 2.75. The smallest absolute Gasteiger partial charge is 0.184 e. The predicted octanol–water partition coefficient (Wildman–Crippen LogP) is 5.01. The summed E-state index contributed by atoms with van der Waals surface area (Å²) in [6.07, 6.45) is 0. The van der Waals surface area contributed by atoms with Crippen LogP contribution >= 0.6 is 11.6 Å². The molecule has 3 aromatic carbocycles. The van der Waals surface area contributed by atoms with Crippen molar-refractivity contribution in [2.45, 2.75) is 10.6 Å². The molecule has 0 saturated carbocycles. The van der Waals surface area contributed by atoms with Gasteiger partial charge in [-0.1, -0.05) is 41.9 Å². The van der Waals surface area contributed by atoms with Gasteiger partial charge in [0, 0.05) is 5.02 Å². The van der Waals surface area contributed by atoms with Crippen molar-refractivity contribution >= 4 is 44.0 Å². The highest BCUT2D eigenvalue weighted by atomic mass is 35.5. The van der Waals surface area contributed by atoms with E-state index in [-0.39, 0.29) is 10.6 Å². The van der Waals surface area contributed by atoms with Crippen LogP contribution in [0.4, 0.5) is 11.5 Å². The van der Waals surface area contributed by atoms with Crippen LogP contribution in [0.3, 0.4) is 0 Å². The molecule has 0 atom stereocenters. The Morgan fingerprint density at radius 3 is 2.30 bits per heavy atom. The Balaban J connectivity index is 1.82. The Kier molecular flexibility index (Phi) is 5.57. The van der Waals surface area contributed by atoms with Crippen molar-refractivity contribution in [1.29, 1.82) is 0 Å². The SMILES string of the molecule is COc1ccc(Cl)cc1Nc1nc2ccccc2nc1CS(=O)(=O)c1ccccc1. The summed E-state index contributed by atoms with van der Waals surface area (Å²) in [6.45, 7) is 0. The van der Waals surface area contributed by atoms with Crippen molar-refractivity contribution < 1.29 is 13.2 Å². The number of para-hydroxylation sites is 2. The number of sulfone groups is 1. The third-order valence-corrected chi connectivity index (χ3v) is 6.37. The second-order valence-corrected chi connectivity index (χ2v) is 8.98. The number of nitrogens with zero attached hydrogens (tertiary/aromatic N) is 2. The van der Waals surface area contributed by atoms with E-state index in [4.69, 9.17) is 16.3 Å². The minimum atomic E-state index is -3.62. The van der Waals surface area contributed by atoms with E-state index < -0.39 is 9.84 Å². The van der Waals surface area contributed by atoms with Crippen molar-refractivity contribution in [3.63, 3.8) is 0 Å². The highest BCUT2D eigenvalue weighted by molar-refractivity contribution is 7.90. The number of fused-ring (bicyclic) bond motifs is 1. The highest BCUT2D eigenvalue weighted by Crippen LogP contribution is 2.32. The minimum absolute atomic E-state index is 0.228. The molecule has 0 amide bonds. The molecule has 0 fully saturated rings. The number of benzene rings is 3. The van der Waals surface area contributed by atoms with Gasteiger partial charge in [-0.2, -0.15) is 0 Å². The summed E-state index contributed by atoms with van der Waals surface area (Å²) in [4.78, 5) is 9.43. The summed E-state index contributed by atoms with van der Waals surface area (Å²) in [5.74, 6) is 0.570. The van der Waals surface area contributed by atoms with Gasteiger partial charge in [0.05, 0.1) is 34.4 Å². The largest absolute Gasteiger partial charge is 0.495 e. The minimum Gasteiger partial charge on any atom is -0.495 e. The van der Waals surface area contributed by atoms with Gasteiger partial charge >= 0.3 is 0 Å². The fourth-order valence-corrected chi connectivity index (χ4v) is 4.51. The summed E-state index contributed by atoms with van der Waals surface area (Å²) in [6, 6.07) is 20.7. The van der Waals surface area contributed by atoms with Crippen LogP contribution in [0.5, 0.6) is 5.75 Å². The second kappa shape index (κ2) is 8.30. The van der Waals surface area contributed by atoms with Gasteiger partial charge in [-0.3, -0.25) is 0 Å². The number of hydrogen-bond acceptors (Lipinski definition) is 6. The lowest BCUT2D eigenvalue weighted by atomic mass is 10.2. The van der Waals surface area contributed by atoms with Crippen LogP contribution in [0.25, 0.3) is 11.0 Å². The molecule has 1 N–H and O–H groups in total. The molecule has 0 bridgehead atoms. The zero-order valence-corrected chi connectivity index (χ0v) is 17.6. The lowest BCUT2D eigenvalue weighted by Crippen LogP contribution is -2.10. The summed E-state index contributed by atoms with van der Waals surface area (Å²) in [7, 11) is -2.08. The molecular formula is C22H18ClN3O3S.